The van der Waals surface area contributed by atoms with Gasteiger partial charge in [0.25, 0.3) is 0 Å². The van der Waals surface area contributed by atoms with E-state index in [1.807, 2.05) is 36.4 Å². The Morgan fingerprint density at radius 2 is 1.91 bits per heavy atom. The first-order valence-corrected chi connectivity index (χ1v) is 7.92. The zero-order valence-corrected chi connectivity index (χ0v) is 13.1. The van der Waals surface area contributed by atoms with Crippen LogP contribution in [0.5, 0.6) is 0 Å². The van der Waals surface area contributed by atoms with Crippen LogP contribution in [0.4, 0.5) is 11.4 Å². The number of rotatable bonds is 3. The summed E-state index contributed by atoms with van der Waals surface area (Å²) < 4.78 is 0. The molecule has 3 nitrogen and oxygen atoms in total. The fourth-order valence-corrected chi connectivity index (χ4v) is 3.04. The number of aryl methyl sites for hydroxylation is 1. The van der Waals surface area contributed by atoms with Gasteiger partial charge in [0.15, 0.2) is 0 Å². The van der Waals surface area contributed by atoms with Gasteiger partial charge in [0.2, 0.25) is 5.91 Å². The molecule has 3 heteroatoms. The maximum absolute atomic E-state index is 12.7. The molecule has 2 aromatic carbocycles. The topological polar surface area (TPSA) is 41.1 Å². The van der Waals surface area contributed by atoms with E-state index < -0.39 is 0 Å². The summed E-state index contributed by atoms with van der Waals surface area (Å²) in [6.45, 7) is 4.24. The Morgan fingerprint density at radius 3 is 2.64 bits per heavy atom. The van der Waals surface area contributed by atoms with Crippen LogP contribution in [0.1, 0.15) is 37.3 Å². The van der Waals surface area contributed by atoms with Crippen molar-refractivity contribution in [1.82, 2.24) is 0 Å². The number of fused-ring (bicyclic) bond motifs is 1. The highest BCUT2D eigenvalue weighted by Crippen LogP contribution is 2.34. The SMILES string of the molecule is CCc1ccc(NC(=O)[C@@H]2C[C@@H](C)Nc3ccccc32)cc1. The molecule has 0 saturated carbocycles. The highest BCUT2D eigenvalue weighted by Gasteiger charge is 2.29. The molecule has 0 aliphatic carbocycles. The molecule has 0 saturated heterocycles. The summed E-state index contributed by atoms with van der Waals surface area (Å²) in [7, 11) is 0. The van der Waals surface area contributed by atoms with E-state index in [1.54, 1.807) is 0 Å². The lowest BCUT2D eigenvalue weighted by Crippen LogP contribution is -2.32. The Kier molecular flexibility index (Phi) is 4.14. The van der Waals surface area contributed by atoms with Crippen molar-refractivity contribution >= 4 is 17.3 Å². The lowest BCUT2D eigenvalue weighted by Gasteiger charge is -2.30. The summed E-state index contributed by atoms with van der Waals surface area (Å²) in [5.41, 5.74) is 4.30. The van der Waals surface area contributed by atoms with Gasteiger partial charge in [-0.2, -0.15) is 0 Å². The van der Waals surface area contributed by atoms with Gasteiger partial charge >= 0.3 is 0 Å². The van der Waals surface area contributed by atoms with Crippen LogP contribution >= 0.6 is 0 Å². The highest BCUT2D eigenvalue weighted by atomic mass is 16.1. The number of carbonyl (C=O) groups excluding carboxylic acids is 1. The lowest BCUT2D eigenvalue weighted by atomic mass is 9.87. The Bertz CT molecular complexity index is 663. The number of para-hydroxylation sites is 1. The fraction of sp³-hybridized carbons (Fsp3) is 0.316. The molecular formula is C19H22N2O. The van der Waals surface area contributed by atoms with E-state index in [1.165, 1.54) is 5.56 Å². The van der Waals surface area contributed by atoms with Gasteiger partial charge in [0.1, 0.15) is 0 Å². The number of hydrogen-bond acceptors (Lipinski definition) is 2. The quantitative estimate of drug-likeness (QED) is 0.891. The molecule has 2 N–H and O–H groups in total. The van der Waals surface area contributed by atoms with E-state index in [0.717, 1.165) is 29.8 Å². The largest absolute Gasteiger partial charge is 0.382 e. The minimum absolute atomic E-state index is 0.0741. The van der Waals surface area contributed by atoms with Gasteiger partial charge in [-0.1, -0.05) is 37.3 Å². The molecule has 3 rings (SSSR count). The molecule has 1 heterocycles. The summed E-state index contributed by atoms with van der Waals surface area (Å²) in [5.74, 6) is -0.0247. The van der Waals surface area contributed by atoms with Crippen molar-refractivity contribution in [3.8, 4) is 0 Å². The molecule has 22 heavy (non-hydrogen) atoms. The van der Waals surface area contributed by atoms with Crippen molar-refractivity contribution in [3.05, 3.63) is 59.7 Å². The highest BCUT2D eigenvalue weighted by molar-refractivity contribution is 5.97. The number of amides is 1. The van der Waals surface area contributed by atoms with Crippen molar-refractivity contribution in [1.29, 1.82) is 0 Å². The van der Waals surface area contributed by atoms with Gasteiger partial charge in [0, 0.05) is 17.4 Å². The van der Waals surface area contributed by atoms with Crippen LogP contribution in [0.25, 0.3) is 0 Å². The van der Waals surface area contributed by atoms with Gasteiger partial charge in [0.05, 0.1) is 5.92 Å². The van der Waals surface area contributed by atoms with Crippen LogP contribution in [0.3, 0.4) is 0 Å². The second kappa shape index (κ2) is 6.22. The average Bonchev–Trinajstić information content (AvgIpc) is 2.54. The number of benzene rings is 2. The van der Waals surface area contributed by atoms with E-state index in [9.17, 15) is 4.79 Å². The standard InChI is InChI=1S/C19H22N2O/c1-3-14-8-10-15(11-9-14)21-19(22)17-12-13(2)20-18-7-5-4-6-16(17)18/h4-11,13,17,20H,3,12H2,1-2H3,(H,21,22)/t13-,17-/m1/s1. The van der Waals surface area contributed by atoms with E-state index in [-0.39, 0.29) is 11.8 Å². The van der Waals surface area contributed by atoms with Crippen molar-refractivity contribution in [2.75, 3.05) is 10.6 Å². The van der Waals surface area contributed by atoms with Gasteiger partial charge in [-0.05, 0) is 49.1 Å². The summed E-state index contributed by atoms with van der Waals surface area (Å²) in [4.78, 5) is 12.7. The first-order valence-electron chi connectivity index (χ1n) is 7.92. The van der Waals surface area contributed by atoms with E-state index in [4.69, 9.17) is 0 Å². The number of carbonyl (C=O) groups is 1. The van der Waals surface area contributed by atoms with Crippen molar-refractivity contribution in [2.45, 2.75) is 38.6 Å². The Hall–Kier alpha value is -2.29. The van der Waals surface area contributed by atoms with Gasteiger partial charge in [-0.3, -0.25) is 4.79 Å². The maximum atomic E-state index is 12.7. The summed E-state index contributed by atoms with van der Waals surface area (Å²) in [6, 6.07) is 16.5. The lowest BCUT2D eigenvalue weighted by molar-refractivity contribution is -0.117. The summed E-state index contributed by atoms with van der Waals surface area (Å²) in [6.07, 6.45) is 1.82. The third-order valence-electron chi connectivity index (χ3n) is 4.27. The second-order valence-electron chi connectivity index (χ2n) is 5.96. The average molecular weight is 294 g/mol. The van der Waals surface area contributed by atoms with Gasteiger partial charge < -0.3 is 10.6 Å². The molecule has 2 aromatic rings. The van der Waals surface area contributed by atoms with Crippen LogP contribution in [-0.4, -0.2) is 11.9 Å². The first kappa shape index (κ1) is 14.6. The third-order valence-corrected chi connectivity index (χ3v) is 4.27. The third kappa shape index (κ3) is 2.98. The van der Waals surface area contributed by atoms with Crippen molar-refractivity contribution < 1.29 is 4.79 Å². The molecular weight excluding hydrogens is 272 g/mol. The molecule has 0 spiro atoms. The van der Waals surface area contributed by atoms with Crippen LogP contribution in [0, 0.1) is 0 Å². The minimum atomic E-state index is -0.0988. The molecule has 0 radical (unpaired) electrons. The molecule has 114 valence electrons. The van der Waals surface area contributed by atoms with E-state index >= 15 is 0 Å². The van der Waals surface area contributed by atoms with Crippen molar-refractivity contribution in [2.24, 2.45) is 0 Å². The monoisotopic (exact) mass is 294 g/mol. The second-order valence-corrected chi connectivity index (χ2v) is 5.96. The van der Waals surface area contributed by atoms with Gasteiger partial charge in [-0.15, -0.1) is 0 Å². The Morgan fingerprint density at radius 1 is 1.18 bits per heavy atom. The van der Waals surface area contributed by atoms with Crippen LogP contribution in [0.15, 0.2) is 48.5 Å². The molecule has 0 aromatic heterocycles. The molecule has 0 unspecified atom stereocenters. The van der Waals surface area contributed by atoms with Crippen LogP contribution in [-0.2, 0) is 11.2 Å². The number of hydrogen-bond donors (Lipinski definition) is 2. The molecule has 1 aliphatic rings. The molecule has 1 amide bonds. The molecule has 1 aliphatic heterocycles. The number of anilines is 2. The summed E-state index contributed by atoms with van der Waals surface area (Å²) in [5, 5.41) is 6.50. The fourth-order valence-electron chi connectivity index (χ4n) is 3.04. The molecule has 2 atom stereocenters. The number of nitrogens with one attached hydrogen (secondary N) is 2. The Balaban J connectivity index is 1.79. The van der Waals surface area contributed by atoms with E-state index in [0.29, 0.717) is 6.04 Å². The van der Waals surface area contributed by atoms with Crippen LogP contribution in [0.2, 0.25) is 0 Å². The normalized spacial score (nSPS) is 19.9. The predicted octanol–water partition coefficient (Wildman–Crippen LogP) is 4.18. The smallest absolute Gasteiger partial charge is 0.232 e. The van der Waals surface area contributed by atoms with Gasteiger partial charge in [-0.25, -0.2) is 0 Å². The maximum Gasteiger partial charge on any atom is 0.232 e. The molecule has 0 fully saturated rings. The zero-order valence-electron chi connectivity index (χ0n) is 13.1. The Labute approximate surface area is 131 Å². The zero-order chi connectivity index (χ0) is 15.5. The van der Waals surface area contributed by atoms with Crippen LogP contribution < -0.4 is 10.6 Å². The first-order chi connectivity index (χ1) is 10.7. The predicted molar refractivity (Wildman–Crippen MR) is 91.3 cm³/mol. The van der Waals surface area contributed by atoms with E-state index in [2.05, 4.69) is 36.6 Å². The minimum Gasteiger partial charge on any atom is -0.382 e. The van der Waals surface area contributed by atoms with Crippen molar-refractivity contribution in [3.63, 3.8) is 0 Å². The molecule has 0 bridgehead atoms. The summed E-state index contributed by atoms with van der Waals surface area (Å²) >= 11 is 0.